The van der Waals surface area contributed by atoms with Crippen molar-refractivity contribution in [1.29, 1.82) is 5.26 Å². The number of benzene rings is 2. The minimum absolute atomic E-state index is 0.161. The predicted octanol–water partition coefficient (Wildman–Crippen LogP) is 7.63. The Hall–Kier alpha value is -3.42. The lowest BCUT2D eigenvalue weighted by Crippen LogP contribution is -2.48. The van der Waals surface area contributed by atoms with E-state index in [2.05, 4.69) is 21.4 Å². The molecule has 3 heterocycles. The highest BCUT2D eigenvalue weighted by Crippen LogP contribution is 2.41. The molecule has 41 heavy (non-hydrogen) atoms. The number of nitriles is 1. The smallest absolute Gasteiger partial charge is 0.410 e. The molecule has 11 heteroatoms. The third-order valence-corrected chi connectivity index (χ3v) is 8.62. The molecule has 1 amide bonds. The average molecular weight is 595 g/mol. The molecule has 0 unspecified atom stereocenters. The number of nitrogens with zero attached hydrogens (tertiary/aromatic N) is 6. The van der Waals surface area contributed by atoms with E-state index in [4.69, 9.17) is 16.3 Å². The minimum atomic E-state index is -0.642. The van der Waals surface area contributed by atoms with Crippen LogP contribution in [0.4, 0.5) is 9.18 Å². The first kappa shape index (κ1) is 29.1. The molecule has 8 nitrogen and oxygen atoms in total. The summed E-state index contributed by atoms with van der Waals surface area (Å²) in [6.07, 6.45) is 2.67. The number of fused-ring (bicyclic) bond motifs is 3. The second kappa shape index (κ2) is 11.1. The zero-order valence-corrected chi connectivity index (χ0v) is 25.5. The summed E-state index contributed by atoms with van der Waals surface area (Å²) in [7, 11) is 0. The predicted molar refractivity (Wildman–Crippen MR) is 160 cm³/mol. The minimum Gasteiger partial charge on any atom is -0.444 e. The summed E-state index contributed by atoms with van der Waals surface area (Å²) >= 11 is 8.00. The highest BCUT2D eigenvalue weighted by molar-refractivity contribution is 7.98. The third kappa shape index (κ3) is 5.33. The van der Waals surface area contributed by atoms with Crippen molar-refractivity contribution < 1.29 is 13.9 Å². The quantitative estimate of drug-likeness (QED) is 0.224. The van der Waals surface area contributed by atoms with Crippen LogP contribution in [0.5, 0.6) is 0 Å². The van der Waals surface area contributed by atoms with E-state index < -0.39 is 17.5 Å². The molecule has 2 aromatic heterocycles. The molecule has 1 aliphatic heterocycles. The lowest BCUT2D eigenvalue weighted by molar-refractivity contribution is 0.00557. The number of amides is 1. The number of halogens is 2. The number of aryl methyl sites for hydroxylation is 2. The van der Waals surface area contributed by atoms with Crippen molar-refractivity contribution in [2.75, 3.05) is 12.8 Å². The van der Waals surface area contributed by atoms with Gasteiger partial charge in [-0.05, 0) is 70.9 Å². The van der Waals surface area contributed by atoms with E-state index in [0.29, 0.717) is 57.0 Å². The van der Waals surface area contributed by atoms with Crippen LogP contribution < -0.4 is 0 Å². The van der Waals surface area contributed by atoms with E-state index in [-0.39, 0.29) is 24.0 Å². The summed E-state index contributed by atoms with van der Waals surface area (Å²) in [5.74, 6) is -0.445. The van der Waals surface area contributed by atoms with Gasteiger partial charge in [0, 0.05) is 23.1 Å². The number of carbonyl (C=O) groups excluding carboxylic acids is 1. The van der Waals surface area contributed by atoms with Crippen LogP contribution in [0.15, 0.2) is 29.3 Å². The van der Waals surface area contributed by atoms with E-state index >= 15 is 4.39 Å². The van der Waals surface area contributed by atoms with Gasteiger partial charge >= 0.3 is 6.09 Å². The van der Waals surface area contributed by atoms with Gasteiger partial charge < -0.3 is 9.64 Å². The number of rotatable bonds is 4. The van der Waals surface area contributed by atoms with Gasteiger partial charge in [-0.3, -0.25) is 0 Å². The molecule has 0 saturated carbocycles. The van der Waals surface area contributed by atoms with Crippen LogP contribution >= 0.6 is 23.4 Å². The average Bonchev–Trinajstić information content (AvgIpc) is 3.36. The number of hydrogen-bond donors (Lipinski definition) is 0. The van der Waals surface area contributed by atoms with Crippen LogP contribution in [0.3, 0.4) is 0 Å². The SMILES string of the molecule is CSc1nc2c(F)c(-c3cccc(C)c3Cl)c(C)cc2c2c1nnn2[C@H]1CCN(C(=O)OC(C)(C)C)[C@H](CC#N)C1. The van der Waals surface area contributed by atoms with Gasteiger partial charge in [0.1, 0.15) is 27.2 Å². The first-order chi connectivity index (χ1) is 19.4. The Balaban J connectivity index is 1.63. The molecule has 1 aliphatic rings. The van der Waals surface area contributed by atoms with E-state index in [0.717, 1.165) is 11.1 Å². The summed E-state index contributed by atoms with van der Waals surface area (Å²) < 4.78 is 23.9. The van der Waals surface area contributed by atoms with Crippen LogP contribution in [0.2, 0.25) is 5.02 Å². The molecule has 0 radical (unpaired) electrons. The number of carbonyl (C=O) groups is 1. The molecule has 0 spiro atoms. The second-order valence-corrected chi connectivity index (χ2v) is 12.6. The van der Waals surface area contributed by atoms with Gasteiger partial charge in [0.25, 0.3) is 0 Å². The Morgan fingerprint density at radius 3 is 2.71 bits per heavy atom. The fourth-order valence-electron chi connectivity index (χ4n) is 5.58. The highest BCUT2D eigenvalue weighted by atomic mass is 35.5. The fourth-order valence-corrected chi connectivity index (χ4v) is 6.31. The molecule has 4 aromatic rings. The standard InChI is InChI=1S/C30H32ClFN6O2S/c1-16-8-7-9-20(23(16)31)22-17(2)14-21-25(24(22)32)34-28(41-6)26-27(21)38(36-35-26)19-11-13-37(18(15-19)10-12-33)29(39)40-30(3,4)5/h7-9,14,18-19H,10-11,13,15H2,1-6H3/t18-,19+/m1/s1. The van der Waals surface area contributed by atoms with Crippen LogP contribution in [-0.2, 0) is 4.74 Å². The number of thioether (sulfide) groups is 1. The normalized spacial score (nSPS) is 17.7. The second-order valence-electron chi connectivity index (χ2n) is 11.4. The summed E-state index contributed by atoms with van der Waals surface area (Å²) in [5.41, 5.74) is 3.49. The molecule has 1 fully saturated rings. The molecule has 2 aromatic carbocycles. The first-order valence-electron chi connectivity index (χ1n) is 13.5. The molecule has 0 aliphatic carbocycles. The number of likely N-dealkylation sites (tertiary alicyclic amines) is 1. The third-order valence-electron chi connectivity index (χ3n) is 7.45. The number of pyridine rings is 1. The van der Waals surface area contributed by atoms with Crippen LogP contribution in [0, 0.1) is 31.0 Å². The van der Waals surface area contributed by atoms with Gasteiger partial charge in [-0.1, -0.05) is 35.0 Å². The Morgan fingerprint density at radius 2 is 2.02 bits per heavy atom. The largest absolute Gasteiger partial charge is 0.444 e. The van der Waals surface area contributed by atoms with Crippen molar-refractivity contribution in [3.05, 3.63) is 46.2 Å². The monoisotopic (exact) mass is 594 g/mol. The van der Waals surface area contributed by atoms with Crippen molar-refractivity contribution in [2.24, 2.45) is 0 Å². The first-order valence-corrected chi connectivity index (χ1v) is 15.1. The van der Waals surface area contributed by atoms with E-state index in [1.165, 1.54) is 11.8 Å². The van der Waals surface area contributed by atoms with E-state index in [1.54, 1.807) is 4.90 Å². The maximum atomic E-state index is 16.4. The van der Waals surface area contributed by atoms with Gasteiger partial charge in [-0.25, -0.2) is 18.9 Å². The van der Waals surface area contributed by atoms with Crippen LogP contribution in [0.1, 0.15) is 57.2 Å². The molecule has 0 bridgehead atoms. The summed E-state index contributed by atoms with van der Waals surface area (Å²) in [6.45, 7) is 9.61. The van der Waals surface area contributed by atoms with E-state index in [1.807, 2.05) is 69.8 Å². The maximum absolute atomic E-state index is 16.4. The molecule has 2 atom stereocenters. The van der Waals surface area contributed by atoms with Crippen molar-refractivity contribution in [2.45, 2.75) is 76.6 Å². The van der Waals surface area contributed by atoms with Crippen molar-refractivity contribution in [3.8, 4) is 17.2 Å². The Labute approximate surface area is 247 Å². The number of ether oxygens (including phenoxy) is 1. The van der Waals surface area contributed by atoms with Gasteiger partial charge in [0.15, 0.2) is 5.82 Å². The van der Waals surface area contributed by atoms with Gasteiger partial charge in [-0.2, -0.15) is 5.26 Å². The van der Waals surface area contributed by atoms with Crippen molar-refractivity contribution in [3.63, 3.8) is 0 Å². The number of hydrogen-bond acceptors (Lipinski definition) is 7. The lowest BCUT2D eigenvalue weighted by atomic mass is 9.94. The Kier molecular flexibility index (Phi) is 7.88. The zero-order valence-electron chi connectivity index (χ0n) is 24.0. The van der Waals surface area contributed by atoms with Gasteiger partial charge in [-0.15, -0.1) is 16.9 Å². The van der Waals surface area contributed by atoms with Gasteiger partial charge in [0.2, 0.25) is 0 Å². The van der Waals surface area contributed by atoms with Crippen LogP contribution in [-0.4, -0.2) is 55.4 Å². The van der Waals surface area contributed by atoms with Gasteiger partial charge in [0.05, 0.1) is 29.6 Å². The summed E-state index contributed by atoms with van der Waals surface area (Å²) in [6, 6.07) is 9.20. The highest BCUT2D eigenvalue weighted by Gasteiger charge is 2.36. The molecular weight excluding hydrogens is 563 g/mol. The Morgan fingerprint density at radius 1 is 1.27 bits per heavy atom. The Bertz CT molecular complexity index is 1710. The molecule has 0 N–H and O–H groups in total. The molecule has 5 rings (SSSR count). The molecule has 1 saturated heterocycles. The van der Waals surface area contributed by atoms with Crippen LogP contribution in [0.25, 0.3) is 33.1 Å². The molecular formula is C30H32ClFN6O2S. The summed E-state index contributed by atoms with van der Waals surface area (Å²) in [5, 5.41) is 20.2. The number of piperidine rings is 1. The lowest BCUT2D eigenvalue weighted by Gasteiger charge is -2.39. The maximum Gasteiger partial charge on any atom is 0.410 e. The molecule has 214 valence electrons. The topological polar surface area (TPSA) is 96.9 Å². The number of aromatic nitrogens is 4. The summed E-state index contributed by atoms with van der Waals surface area (Å²) in [4.78, 5) is 19.3. The fraction of sp³-hybridized carbons (Fsp3) is 0.433. The zero-order chi connectivity index (χ0) is 29.6. The van der Waals surface area contributed by atoms with Crippen molar-refractivity contribution in [1.82, 2.24) is 24.9 Å². The van der Waals surface area contributed by atoms with E-state index in [9.17, 15) is 10.1 Å². The van der Waals surface area contributed by atoms with Crippen molar-refractivity contribution >= 4 is 51.4 Å².